The second-order valence-electron chi connectivity index (χ2n) is 6.00. The van der Waals surface area contributed by atoms with Gasteiger partial charge < -0.3 is 4.74 Å². The second kappa shape index (κ2) is 7.19. The van der Waals surface area contributed by atoms with Crippen LogP contribution in [0.3, 0.4) is 0 Å². The quantitative estimate of drug-likeness (QED) is 0.476. The molecule has 0 N–H and O–H groups in total. The predicted molar refractivity (Wildman–Crippen MR) is 103 cm³/mol. The average molecular weight is 339 g/mol. The first-order valence-corrected chi connectivity index (χ1v) is 8.47. The first-order valence-electron chi connectivity index (χ1n) is 8.47. The molecule has 0 saturated heterocycles. The maximum Gasteiger partial charge on any atom is 0.339 e. The first kappa shape index (κ1) is 16.0. The molecule has 0 aliphatic rings. The number of esters is 1. The van der Waals surface area contributed by atoms with E-state index in [1.54, 1.807) is 0 Å². The van der Waals surface area contributed by atoms with Crippen molar-refractivity contribution in [3.8, 4) is 11.3 Å². The van der Waals surface area contributed by atoms with Crippen LogP contribution in [0.4, 0.5) is 0 Å². The first-order chi connectivity index (χ1) is 12.8. The highest BCUT2D eigenvalue weighted by atomic mass is 16.5. The van der Waals surface area contributed by atoms with Crippen LogP contribution in [0.1, 0.15) is 15.9 Å². The lowest BCUT2D eigenvalue weighted by Crippen LogP contribution is -2.07. The fourth-order valence-electron chi connectivity index (χ4n) is 2.90. The molecule has 126 valence electrons. The van der Waals surface area contributed by atoms with Crippen LogP contribution in [0.2, 0.25) is 0 Å². The number of carbonyl (C=O) groups is 1. The number of nitrogens with zero attached hydrogens (tertiary/aromatic N) is 1. The van der Waals surface area contributed by atoms with Gasteiger partial charge in [-0.3, -0.25) is 0 Å². The average Bonchev–Trinajstić information content (AvgIpc) is 2.72. The smallest absolute Gasteiger partial charge is 0.339 e. The summed E-state index contributed by atoms with van der Waals surface area (Å²) < 4.78 is 5.55. The number of para-hydroxylation sites is 1. The molecule has 0 saturated carbocycles. The maximum atomic E-state index is 12.8. The molecule has 0 spiro atoms. The van der Waals surface area contributed by atoms with Gasteiger partial charge in [0.15, 0.2) is 0 Å². The van der Waals surface area contributed by atoms with Crippen molar-refractivity contribution >= 4 is 16.9 Å². The van der Waals surface area contributed by atoms with Gasteiger partial charge in [0.25, 0.3) is 0 Å². The third-order valence-corrected chi connectivity index (χ3v) is 4.22. The molecular weight excluding hydrogens is 322 g/mol. The Bertz CT molecular complexity index is 1040. The lowest BCUT2D eigenvalue weighted by atomic mass is 10.0. The van der Waals surface area contributed by atoms with Gasteiger partial charge in [-0.25, -0.2) is 9.78 Å². The van der Waals surface area contributed by atoms with Crippen LogP contribution in [-0.4, -0.2) is 11.0 Å². The summed E-state index contributed by atoms with van der Waals surface area (Å²) in [5, 5.41) is 0.797. The molecule has 0 fully saturated rings. The minimum Gasteiger partial charge on any atom is -0.457 e. The van der Waals surface area contributed by atoms with Crippen molar-refractivity contribution in [3.63, 3.8) is 0 Å². The number of pyridine rings is 1. The van der Waals surface area contributed by atoms with Gasteiger partial charge in [-0.15, -0.1) is 0 Å². The standard InChI is InChI=1S/C23H17NO2/c25-23(26-16-17-9-3-1-4-10-17)20-15-22(18-11-5-2-6-12-18)24-21-14-8-7-13-19(20)21/h1-15H,16H2. The van der Waals surface area contributed by atoms with Crippen LogP contribution in [0.25, 0.3) is 22.2 Å². The Labute approximate surface area is 151 Å². The highest BCUT2D eigenvalue weighted by molar-refractivity contribution is 6.04. The van der Waals surface area contributed by atoms with E-state index in [0.717, 1.165) is 27.7 Å². The Kier molecular flexibility index (Phi) is 4.44. The number of hydrogen-bond donors (Lipinski definition) is 0. The molecule has 0 aliphatic carbocycles. The van der Waals surface area contributed by atoms with E-state index in [9.17, 15) is 4.79 Å². The molecule has 0 atom stereocenters. The molecule has 0 bridgehead atoms. The molecule has 4 aromatic rings. The summed E-state index contributed by atoms with van der Waals surface area (Å²) >= 11 is 0. The summed E-state index contributed by atoms with van der Waals surface area (Å²) in [7, 11) is 0. The fourth-order valence-corrected chi connectivity index (χ4v) is 2.90. The van der Waals surface area contributed by atoms with Crippen LogP contribution in [0.15, 0.2) is 91.0 Å². The van der Waals surface area contributed by atoms with Gasteiger partial charge in [0.1, 0.15) is 6.61 Å². The molecule has 4 rings (SSSR count). The summed E-state index contributed by atoms with van der Waals surface area (Å²) in [5.74, 6) is -0.343. The van der Waals surface area contributed by atoms with Crippen LogP contribution < -0.4 is 0 Å². The number of carbonyl (C=O) groups excluding carboxylic acids is 1. The van der Waals surface area contributed by atoms with Gasteiger partial charge in [-0.1, -0.05) is 78.9 Å². The fraction of sp³-hybridized carbons (Fsp3) is 0.0435. The van der Waals surface area contributed by atoms with E-state index in [4.69, 9.17) is 9.72 Å². The topological polar surface area (TPSA) is 39.2 Å². The molecule has 1 heterocycles. The third-order valence-electron chi connectivity index (χ3n) is 4.22. The van der Waals surface area contributed by atoms with Crippen molar-refractivity contribution in [2.45, 2.75) is 6.61 Å². The number of rotatable bonds is 4. The number of benzene rings is 3. The highest BCUT2D eigenvalue weighted by Gasteiger charge is 2.15. The molecule has 0 aliphatic heterocycles. The SMILES string of the molecule is O=C(OCc1ccccc1)c1cc(-c2ccccc2)nc2ccccc12. The van der Waals surface area contributed by atoms with E-state index in [2.05, 4.69) is 0 Å². The molecule has 3 nitrogen and oxygen atoms in total. The molecule has 26 heavy (non-hydrogen) atoms. The van der Waals surface area contributed by atoms with Crippen molar-refractivity contribution in [2.24, 2.45) is 0 Å². The molecule has 3 heteroatoms. The normalized spacial score (nSPS) is 10.6. The minimum atomic E-state index is -0.343. The Hall–Kier alpha value is -3.46. The maximum absolute atomic E-state index is 12.8. The lowest BCUT2D eigenvalue weighted by molar-refractivity contribution is 0.0475. The minimum absolute atomic E-state index is 0.247. The molecule has 1 aromatic heterocycles. The Morgan fingerprint density at radius 3 is 2.23 bits per heavy atom. The molecule has 0 unspecified atom stereocenters. The van der Waals surface area contributed by atoms with Gasteiger partial charge in [0.2, 0.25) is 0 Å². The zero-order valence-electron chi connectivity index (χ0n) is 14.1. The van der Waals surface area contributed by atoms with Crippen LogP contribution in [-0.2, 0) is 11.3 Å². The predicted octanol–water partition coefficient (Wildman–Crippen LogP) is 5.26. The van der Waals surface area contributed by atoms with Crippen LogP contribution >= 0.6 is 0 Å². The Morgan fingerprint density at radius 1 is 0.808 bits per heavy atom. The van der Waals surface area contributed by atoms with E-state index >= 15 is 0 Å². The number of fused-ring (bicyclic) bond motifs is 1. The van der Waals surface area contributed by atoms with Crippen molar-refractivity contribution in [1.82, 2.24) is 4.98 Å². The van der Waals surface area contributed by atoms with Crippen molar-refractivity contribution in [1.29, 1.82) is 0 Å². The highest BCUT2D eigenvalue weighted by Crippen LogP contribution is 2.25. The summed E-state index contributed by atoms with van der Waals surface area (Å²) in [5.41, 5.74) is 4.00. The molecule has 3 aromatic carbocycles. The van der Waals surface area contributed by atoms with Crippen molar-refractivity contribution in [2.75, 3.05) is 0 Å². The largest absolute Gasteiger partial charge is 0.457 e. The Morgan fingerprint density at radius 2 is 1.46 bits per heavy atom. The third kappa shape index (κ3) is 3.33. The van der Waals surface area contributed by atoms with Crippen LogP contribution in [0.5, 0.6) is 0 Å². The number of aromatic nitrogens is 1. The van der Waals surface area contributed by atoms with Crippen LogP contribution in [0, 0.1) is 0 Å². The van der Waals surface area contributed by atoms with Gasteiger partial charge in [0.05, 0.1) is 16.8 Å². The van der Waals surface area contributed by atoms with E-state index in [1.165, 1.54) is 0 Å². The Balaban J connectivity index is 1.72. The van der Waals surface area contributed by atoms with Crippen molar-refractivity contribution < 1.29 is 9.53 Å². The number of ether oxygens (including phenoxy) is 1. The summed E-state index contributed by atoms with van der Waals surface area (Å²) in [4.78, 5) is 17.5. The van der Waals surface area contributed by atoms with E-state index in [-0.39, 0.29) is 12.6 Å². The summed E-state index contributed by atoms with van der Waals surface area (Å²) in [6.07, 6.45) is 0. The lowest BCUT2D eigenvalue weighted by Gasteiger charge is -2.10. The van der Waals surface area contributed by atoms with Gasteiger partial charge in [0, 0.05) is 10.9 Å². The second-order valence-corrected chi connectivity index (χ2v) is 6.00. The number of hydrogen-bond acceptors (Lipinski definition) is 3. The summed E-state index contributed by atoms with van der Waals surface area (Å²) in [6.45, 7) is 0.247. The van der Waals surface area contributed by atoms with Gasteiger partial charge >= 0.3 is 5.97 Å². The zero-order chi connectivity index (χ0) is 17.8. The van der Waals surface area contributed by atoms with E-state index < -0.39 is 0 Å². The summed E-state index contributed by atoms with van der Waals surface area (Å²) in [6, 6.07) is 29.0. The van der Waals surface area contributed by atoms with Gasteiger partial charge in [-0.2, -0.15) is 0 Å². The molecule has 0 radical (unpaired) electrons. The van der Waals surface area contributed by atoms with Crippen molar-refractivity contribution in [3.05, 3.63) is 102 Å². The zero-order valence-corrected chi connectivity index (χ0v) is 14.1. The molecular formula is C23H17NO2. The van der Waals surface area contributed by atoms with Gasteiger partial charge in [-0.05, 0) is 17.7 Å². The van der Waals surface area contributed by atoms with E-state index in [1.807, 2.05) is 91.0 Å². The monoisotopic (exact) mass is 339 g/mol. The van der Waals surface area contributed by atoms with E-state index in [0.29, 0.717) is 5.56 Å². The molecule has 0 amide bonds.